The number of aliphatic carboxylic acids is 1. The Bertz CT molecular complexity index is 878. The topological polar surface area (TPSA) is 113 Å². The molecular formula is C20H22ClN3O6. The number of nitro groups is 1. The summed E-state index contributed by atoms with van der Waals surface area (Å²) in [5, 5.41) is 20.4. The van der Waals surface area contributed by atoms with Crippen molar-refractivity contribution >= 4 is 30.2 Å². The molecule has 10 heteroatoms. The third kappa shape index (κ3) is 5.91. The van der Waals surface area contributed by atoms with Gasteiger partial charge >= 0.3 is 12.1 Å². The van der Waals surface area contributed by atoms with Crippen LogP contribution in [0.25, 0.3) is 0 Å². The lowest BCUT2D eigenvalue weighted by molar-refractivity contribution is -0.384. The Morgan fingerprint density at radius 2 is 1.73 bits per heavy atom. The molecule has 160 valence electrons. The lowest BCUT2D eigenvalue weighted by atomic mass is 10.1. The second-order valence-electron chi connectivity index (χ2n) is 6.73. The van der Waals surface area contributed by atoms with Crippen LogP contribution >= 0.6 is 12.4 Å². The fraction of sp³-hybridized carbons (Fsp3) is 0.300. The van der Waals surface area contributed by atoms with E-state index < -0.39 is 23.0 Å². The second kappa shape index (κ2) is 10.6. The van der Waals surface area contributed by atoms with E-state index in [0.29, 0.717) is 19.6 Å². The van der Waals surface area contributed by atoms with Gasteiger partial charge in [0.2, 0.25) is 0 Å². The highest BCUT2D eigenvalue weighted by Gasteiger charge is 2.34. The molecule has 1 heterocycles. The van der Waals surface area contributed by atoms with Gasteiger partial charge in [-0.1, -0.05) is 42.5 Å². The monoisotopic (exact) mass is 435 g/mol. The maximum Gasteiger partial charge on any atom is 0.410 e. The molecule has 0 bridgehead atoms. The first kappa shape index (κ1) is 23.1. The summed E-state index contributed by atoms with van der Waals surface area (Å²) in [6.07, 6.45) is -0.546. The molecule has 2 aromatic carbocycles. The Hall–Kier alpha value is -3.17. The predicted octanol–water partition coefficient (Wildman–Crippen LogP) is 2.92. The molecule has 0 spiro atoms. The summed E-state index contributed by atoms with van der Waals surface area (Å²) in [6.45, 7) is 1.15. The Labute approximate surface area is 179 Å². The zero-order chi connectivity index (χ0) is 20.8. The molecule has 3 rings (SSSR count). The number of carboxylic acids is 1. The minimum Gasteiger partial charge on any atom is -0.480 e. The highest BCUT2D eigenvalue weighted by Crippen LogP contribution is 2.18. The van der Waals surface area contributed by atoms with E-state index in [1.165, 1.54) is 17.0 Å². The molecule has 1 saturated heterocycles. The molecule has 1 aliphatic heterocycles. The van der Waals surface area contributed by atoms with Crippen LogP contribution in [0.1, 0.15) is 11.1 Å². The van der Waals surface area contributed by atoms with Crippen molar-refractivity contribution in [2.75, 3.05) is 19.6 Å². The van der Waals surface area contributed by atoms with Gasteiger partial charge in [0.1, 0.15) is 12.6 Å². The molecule has 1 fully saturated rings. The second-order valence-corrected chi connectivity index (χ2v) is 6.73. The van der Waals surface area contributed by atoms with E-state index in [4.69, 9.17) is 4.74 Å². The maximum absolute atomic E-state index is 12.3. The maximum atomic E-state index is 12.3. The summed E-state index contributed by atoms with van der Waals surface area (Å²) in [5.74, 6) is -1.03. The number of benzene rings is 2. The van der Waals surface area contributed by atoms with Crippen LogP contribution in [-0.2, 0) is 22.7 Å². The number of amides is 1. The first-order valence-electron chi connectivity index (χ1n) is 9.10. The number of nitrogens with zero attached hydrogens (tertiary/aromatic N) is 3. The van der Waals surface area contributed by atoms with Crippen LogP contribution in [0.15, 0.2) is 54.6 Å². The molecular weight excluding hydrogens is 414 g/mol. The Morgan fingerprint density at radius 3 is 2.33 bits per heavy atom. The van der Waals surface area contributed by atoms with Crippen molar-refractivity contribution in [1.82, 2.24) is 9.80 Å². The number of piperazine rings is 1. The van der Waals surface area contributed by atoms with Crippen LogP contribution in [0.3, 0.4) is 0 Å². The van der Waals surface area contributed by atoms with E-state index in [9.17, 15) is 24.8 Å². The van der Waals surface area contributed by atoms with Gasteiger partial charge < -0.3 is 14.7 Å². The van der Waals surface area contributed by atoms with Crippen LogP contribution in [0.5, 0.6) is 0 Å². The standard InChI is InChI=1S/C20H21N3O6.ClH/c24-19(25)18-13-22(20(26)29-14-16-4-2-1-3-5-16)11-10-21(18)12-15-6-8-17(9-7-15)23(27)28;/h1-9,18H,10-14H2,(H,24,25);1H. The van der Waals surface area contributed by atoms with Gasteiger partial charge in [0.15, 0.2) is 0 Å². The summed E-state index contributed by atoms with van der Waals surface area (Å²) in [7, 11) is 0. The van der Waals surface area contributed by atoms with Gasteiger partial charge in [-0.3, -0.25) is 19.8 Å². The fourth-order valence-corrected chi connectivity index (χ4v) is 3.18. The number of halogens is 1. The van der Waals surface area contributed by atoms with Crippen molar-refractivity contribution in [2.24, 2.45) is 0 Å². The van der Waals surface area contributed by atoms with Crippen molar-refractivity contribution < 1.29 is 24.4 Å². The molecule has 2 aromatic rings. The highest BCUT2D eigenvalue weighted by molar-refractivity contribution is 5.85. The fourth-order valence-electron chi connectivity index (χ4n) is 3.18. The number of hydrogen-bond donors (Lipinski definition) is 1. The molecule has 0 aliphatic carbocycles. The summed E-state index contributed by atoms with van der Waals surface area (Å²) >= 11 is 0. The van der Waals surface area contributed by atoms with Crippen molar-refractivity contribution in [3.63, 3.8) is 0 Å². The molecule has 1 amide bonds. The molecule has 1 unspecified atom stereocenters. The summed E-state index contributed by atoms with van der Waals surface area (Å²) in [4.78, 5) is 37.5. The number of non-ortho nitro benzene ring substituents is 1. The SMILES string of the molecule is Cl.O=C(O)C1CN(C(=O)OCc2ccccc2)CCN1Cc1ccc([N+](=O)[O-])cc1. The van der Waals surface area contributed by atoms with E-state index in [1.807, 2.05) is 30.3 Å². The van der Waals surface area contributed by atoms with E-state index in [-0.39, 0.29) is 31.2 Å². The van der Waals surface area contributed by atoms with E-state index in [0.717, 1.165) is 11.1 Å². The molecule has 0 saturated carbocycles. The Kier molecular flexibility index (Phi) is 8.14. The van der Waals surface area contributed by atoms with Crippen molar-refractivity contribution in [2.45, 2.75) is 19.2 Å². The average molecular weight is 436 g/mol. The molecule has 0 aromatic heterocycles. The zero-order valence-corrected chi connectivity index (χ0v) is 16.9. The molecule has 0 radical (unpaired) electrons. The van der Waals surface area contributed by atoms with Gasteiger partial charge in [-0.05, 0) is 11.1 Å². The van der Waals surface area contributed by atoms with Gasteiger partial charge in [0.05, 0.1) is 11.5 Å². The van der Waals surface area contributed by atoms with Crippen molar-refractivity contribution in [3.05, 3.63) is 75.8 Å². The largest absolute Gasteiger partial charge is 0.480 e. The number of nitro benzene ring substituents is 1. The van der Waals surface area contributed by atoms with Crippen LogP contribution in [0.2, 0.25) is 0 Å². The molecule has 9 nitrogen and oxygen atoms in total. The van der Waals surface area contributed by atoms with Crippen LogP contribution in [-0.4, -0.2) is 57.6 Å². The van der Waals surface area contributed by atoms with Gasteiger partial charge in [-0.25, -0.2) is 4.79 Å². The third-order valence-corrected chi connectivity index (χ3v) is 4.77. The van der Waals surface area contributed by atoms with Crippen LogP contribution < -0.4 is 0 Å². The number of carbonyl (C=O) groups is 2. The quantitative estimate of drug-likeness (QED) is 0.548. The zero-order valence-electron chi connectivity index (χ0n) is 16.0. The molecule has 1 N–H and O–H groups in total. The van der Waals surface area contributed by atoms with E-state index in [1.54, 1.807) is 17.0 Å². The van der Waals surface area contributed by atoms with E-state index >= 15 is 0 Å². The lowest BCUT2D eigenvalue weighted by Gasteiger charge is -2.38. The molecule has 1 aliphatic rings. The Balaban J connectivity index is 0.00000320. The first-order chi connectivity index (χ1) is 13.9. The van der Waals surface area contributed by atoms with Crippen molar-refractivity contribution in [3.8, 4) is 0 Å². The first-order valence-corrected chi connectivity index (χ1v) is 9.10. The van der Waals surface area contributed by atoms with Gasteiger partial charge in [-0.15, -0.1) is 12.4 Å². The van der Waals surface area contributed by atoms with Gasteiger partial charge in [0, 0.05) is 31.8 Å². The van der Waals surface area contributed by atoms with Gasteiger partial charge in [0.25, 0.3) is 5.69 Å². The normalized spacial score (nSPS) is 16.4. The number of hydrogen-bond acceptors (Lipinski definition) is 6. The smallest absolute Gasteiger partial charge is 0.410 e. The summed E-state index contributed by atoms with van der Waals surface area (Å²) in [6, 6.07) is 14.4. The summed E-state index contributed by atoms with van der Waals surface area (Å²) < 4.78 is 5.30. The molecule has 1 atom stereocenters. The summed E-state index contributed by atoms with van der Waals surface area (Å²) in [5.41, 5.74) is 1.60. The average Bonchev–Trinajstić information content (AvgIpc) is 2.73. The van der Waals surface area contributed by atoms with Crippen molar-refractivity contribution in [1.29, 1.82) is 0 Å². The Morgan fingerprint density at radius 1 is 1.07 bits per heavy atom. The third-order valence-electron chi connectivity index (χ3n) is 4.77. The molecule has 30 heavy (non-hydrogen) atoms. The van der Waals surface area contributed by atoms with Gasteiger partial charge in [-0.2, -0.15) is 0 Å². The van der Waals surface area contributed by atoms with E-state index in [2.05, 4.69) is 0 Å². The number of carbonyl (C=O) groups excluding carboxylic acids is 1. The van der Waals surface area contributed by atoms with Crippen LogP contribution in [0, 0.1) is 10.1 Å². The number of ether oxygens (including phenoxy) is 1. The lowest BCUT2D eigenvalue weighted by Crippen LogP contribution is -2.57. The minimum absolute atomic E-state index is 0. The van der Waals surface area contributed by atoms with Crippen LogP contribution in [0.4, 0.5) is 10.5 Å². The number of rotatable bonds is 6. The highest BCUT2D eigenvalue weighted by atomic mass is 35.5. The minimum atomic E-state index is -1.03. The number of carboxylic acid groups (broad SMARTS) is 1. The predicted molar refractivity (Wildman–Crippen MR) is 110 cm³/mol.